The van der Waals surface area contributed by atoms with Crippen LogP contribution in [0.25, 0.3) is 0 Å². The highest BCUT2D eigenvalue weighted by atomic mass is 16.2. The van der Waals surface area contributed by atoms with Crippen LogP contribution in [-0.4, -0.2) is 29.9 Å². The highest BCUT2D eigenvalue weighted by molar-refractivity contribution is 5.79. The second-order valence-electron chi connectivity index (χ2n) is 5.89. The molecule has 0 saturated carbocycles. The Morgan fingerprint density at radius 2 is 2.00 bits per heavy atom. The van der Waals surface area contributed by atoms with Crippen LogP contribution in [0, 0.1) is 11.3 Å². The average molecular weight is 250 g/mol. The molecule has 0 spiro atoms. The fraction of sp³-hybridized carbons (Fsp3) is 0.667. The molecular weight excluding hydrogens is 224 g/mol. The number of likely N-dealkylation sites (tertiary alicyclic amines) is 1. The Bertz CT molecular complexity index is 312. The monoisotopic (exact) mass is 250 g/mol. The molecule has 102 valence electrons. The molecule has 1 heterocycles. The van der Waals surface area contributed by atoms with E-state index in [9.17, 15) is 4.79 Å². The quantitative estimate of drug-likeness (QED) is 0.761. The second kappa shape index (κ2) is 6.19. The Kier molecular flexibility index (Phi) is 5.15. The number of nitrogens with zero attached hydrogens (tertiary/aromatic N) is 1. The normalized spacial score (nSPS) is 22.9. The summed E-state index contributed by atoms with van der Waals surface area (Å²) in [4.78, 5) is 14.4. The first-order valence-corrected chi connectivity index (χ1v) is 6.68. The van der Waals surface area contributed by atoms with Gasteiger partial charge in [0.05, 0.1) is 0 Å². The van der Waals surface area contributed by atoms with Crippen LogP contribution in [0.3, 0.4) is 0 Å². The van der Waals surface area contributed by atoms with E-state index >= 15 is 0 Å². The summed E-state index contributed by atoms with van der Waals surface area (Å²) in [7, 11) is 0. The molecule has 18 heavy (non-hydrogen) atoms. The van der Waals surface area contributed by atoms with Crippen LogP contribution in [0.4, 0.5) is 0 Å². The molecule has 3 heteroatoms. The van der Waals surface area contributed by atoms with Gasteiger partial charge in [-0.1, -0.05) is 26.0 Å². The molecule has 1 unspecified atom stereocenters. The molecule has 1 aliphatic rings. The highest BCUT2D eigenvalue weighted by Gasteiger charge is 2.36. The lowest BCUT2D eigenvalue weighted by atomic mass is 9.79. The first-order valence-electron chi connectivity index (χ1n) is 6.68. The van der Waals surface area contributed by atoms with Crippen molar-refractivity contribution >= 4 is 5.91 Å². The van der Waals surface area contributed by atoms with Crippen LogP contribution in [0.1, 0.15) is 33.1 Å². The van der Waals surface area contributed by atoms with Gasteiger partial charge in [-0.15, -0.1) is 13.2 Å². The van der Waals surface area contributed by atoms with Crippen LogP contribution in [0.2, 0.25) is 0 Å². The van der Waals surface area contributed by atoms with Gasteiger partial charge in [0.25, 0.3) is 0 Å². The van der Waals surface area contributed by atoms with E-state index in [1.165, 1.54) is 0 Å². The minimum atomic E-state index is -0.00914. The highest BCUT2D eigenvalue weighted by Crippen LogP contribution is 2.29. The lowest BCUT2D eigenvalue weighted by Gasteiger charge is -2.43. The Balaban J connectivity index is 2.70. The topological polar surface area (TPSA) is 46.3 Å². The minimum absolute atomic E-state index is 0.000811. The number of rotatable bonds is 5. The molecule has 0 aromatic heterocycles. The average Bonchev–Trinajstić information content (AvgIpc) is 2.31. The summed E-state index contributed by atoms with van der Waals surface area (Å²) >= 11 is 0. The molecule has 1 rings (SSSR count). The molecule has 3 nitrogen and oxygen atoms in total. The first kappa shape index (κ1) is 15.0. The number of amides is 1. The smallest absolute Gasteiger partial charge is 0.226 e. The van der Waals surface area contributed by atoms with Crippen molar-refractivity contribution in [3.05, 3.63) is 25.3 Å². The Labute approximate surface area is 111 Å². The standard InChI is InChI=1S/C15H26N2O/c1-5-7-12(8-6-2)14(18)17-10-9-13(16)15(3,4)11-17/h5-6,12-13H,1-2,7-11,16H2,3-4H3. The van der Waals surface area contributed by atoms with E-state index in [1.807, 2.05) is 17.1 Å². The van der Waals surface area contributed by atoms with Gasteiger partial charge in [-0.25, -0.2) is 0 Å². The second-order valence-corrected chi connectivity index (χ2v) is 5.89. The molecule has 0 bridgehead atoms. The van der Waals surface area contributed by atoms with Crippen molar-refractivity contribution in [2.45, 2.75) is 39.2 Å². The minimum Gasteiger partial charge on any atom is -0.342 e. The third-order valence-corrected chi connectivity index (χ3v) is 3.88. The lowest BCUT2D eigenvalue weighted by molar-refractivity contribution is -0.138. The summed E-state index contributed by atoms with van der Waals surface area (Å²) in [5.41, 5.74) is 6.10. The van der Waals surface area contributed by atoms with Gasteiger partial charge in [-0.3, -0.25) is 4.79 Å². The van der Waals surface area contributed by atoms with Gasteiger partial charge in [0.15, 0.2) is 0 Å². The number of hydrogen-bond acceptors (Lipinski definition) is 2. The van der Waals surface area contributed by atoms with E-state index < -0.39 is 0 Å². The van der Waals surface area contributed by atoms with Crippen LogP contribution in [0.5, 0.6) is 0 Å². The van der Waals surface area contributed by atoms with E-state index in [-0.39, 0.29) is 23.3 Å². The van der Waals surface area contributed by atoms with Gasteiger partial charge in [0.2, 0.25) is 5.91 Å². The Morgan fingerprint density at radius 3 is 2.44 bits per heavy atom. The number of allylic oxidation sites excluding steroid dienone is 2. The third kappa shape index (κ3) is 3.45. The fourth-order valence-corrected chi connectivity index (χ4v) is 2.52. The summed E-state index contributed by atoms with van der Waals surface area (Å²) in [6.45, 7) is 13.2. The molecule has 0 aliphatic carbocycles. The number of carbonyl (C=O) groups is 1. The van der Waals surface area contributed by atoms with Gasteiger partial charge < -0.3 is 10.6 Å². The SMILES string of the molecule is C=CCC(CC=C)C(=O)N1CCC(N)C(C)(C)C1. The van der Waals surface area contributed by atoms with E-state index in [1.54, 1.807) is 0 Å². The predicted molar refractivity (Wildman–Crippen MR) is 76.1 cm³/mol. The van der Waals surface area contributed by atoms with Crippen LogP contribution in [0.15, 0.2) is 25.3 Å². The zero-order valence-electron chi connectivity index (χ0n) is 11.7. The summed E-state index contributed by atoms with van der Waals surface area (Å²) in [5, 5.41) is 0. The largest absolute Gasteiger partial charge is 0.342 e. The maximum atomic E-state index is 12.5. The van der Waals surface area contributed by atoms with Crippen molar-refractivity contribution in [2.24, 2.45) is 17.1 Å². The van der Waals surface area contributed by atoms with Crippen molar-refractivity contribution in [1.29, 1.82) is 0 Å². The molecule has 0 aromatic rings. The molecule has 1 aliphatic heterocycles. The molecule has 1 amide bonds. The third-order valence-electron chi connectivity index (χ3n) is 3.88. The van der Waals surface area contributed by atoms with Gasteiger partial charge in [0.1, 0.15) is 0 Å². The zero-order valence-corrected chi connectivity index (χ0v) is 11.7. The molecule has 1 atom stereocenters. The van der Waals surface area contributed by atoms with Crippen LogP contribution in [-0.2, 0) is 4.79 Å². The summed E-state index contributed by atoms with van der Waals surface area (Å²) < 4.78 is 0. The van der Waals surface area contributed by atoms with Gasteiger partial charge in [0, 0.05) is 25.0 Å². The summed E-state index contributed by atoms with van der Waals surface area (Å²) in [6.07, 6.45) is 5.94. The lowest BCUT2D eigenvalue weighted by Crippen LogP contribution is -2.55. The number of piperidine rings is 1. The van der Waals surface area contributed by atoms with E-state index in [2.05, 4.69) is 27.0 Å². The molecular formula is C15H26N2O. The van der Waals surface area contributed by atoms with Crippen molar-refractivity contribution in [1.82, 2.24) is 4.90 Å². The Hall–Kier alpha value is -1.09. The van der Waals surface area contributed by atoms with Crippen molar-refractivity contribution < 1.29 is 4.79 Å². The predicted octanol–water partition coefficient (Wildman–Crippen LogP) is 2.34. The maximum Gasteiger partial charge on any atom is 0.226 e. The number of hydrogen-bond donors (Lipinski definition) is 1. The van der Waals surface area contributed by atoms with Crippen molar-refractivity contribution in [3.8, 4) is 0 Å². The van der Waals surface area contributed by atoms with Gasteiger partial charge in [-0.05, 0) is 24.7 Å². The zero-order chi connectivity index (χ0) is 13.8. The Morgan fingerprint density at radius 1 is 1.44 bits per heavy atom. The number of carbonyl (C=O) groups excluding carboxylic acids is 1. The van der Waals surface area contributed by atoms with Crippen molar-refractivity contribution in [2.75, 3.05) is 13.1 Å². The van der Waals surface area contributed by atoms with Crippen molar-refractivity contribution in [3.63, 3.8) is 0 Å². The maximum absolute atomic E-state index is 12.5. The number of nitrogens with two attached hydrogens (primary N) is 1. The van der Waals surface area contributed by atoms with Gasteiger partial charge in [-0.2, -0.15) is 0 Å². The summed E-state index contributed by atoms with van der Waals surface area (Å²) in [6, 6.07) is 0.179. The van der Waals surface area contributed by atoms with E-state index in [0.717, 1.165) is 19.5 Å². The molecule has 0 radical (unpaired) electrons. The molecule has 1 saturated heterocycles. The van der Waals surface area contributed by atoms with E-state index in [4.69, 9.17) is 5.73 Å². The van der Waals surface area contributed by atoms with Crippen LogP contribution < -0.4 is 5.73 Å². The van der Waals surface area contributed by atoms with Crippen LogP contribution >= 0.6 is 0 Å². The molecule has 2 N–H and O–H groups in total. The molecule has 1 fully saturated rings. The van der Waals surface area contributed by atoms with Gasteiger partial charge >= 0.3 is 0 Å². The first-order chi connectivity index (χ1) is 8.42. The molecule has 0 aromatic carbocycles. The summed E-state index contributed by atoms with van der Waals surface area (Å²) in [5.74, 6) is 0.208. The fourth-order valence-electron chi connectivity index (χ4n) is 2.52. The van der Waals surface area contributed by atoms with E-state index in [0.29, 0.717) is 12.8 Å².